The molecule has 1 N–H and O–H groups in total. The van der Waals surface area contributed by atoms with E-state index in [1.54, 1.807) is 0 Å². The maximum Gasteiger partial charge on any atom is 0.329 e. The number of carbonyl (C=O) groups is 1. The van der Waals surface area contributed by atoms with Gasteiger partial charge in [0.1, 0.15) is 6.61 Å². The first-order valence-electron chi connectivity index (χ1n) is 5.02. The lowest BCUT2D eigenvalue weighted by Crippen LogP contribution is -2.41. The van der Waals surface area contributed by atoms with Gasteiger partial charge in [-0.25, -0.2) is 0 Å². The maximum atomic E-state index is 11.6. The van der Waals surface area contributed by atoms with E-state index < -0.39 is 16.9 Å². The van der Waals surface area contributed by atoms with E-state index in [-0.39, 0.29) is 6.61 Å². The Kier molecular flexibility index (Phi) is 4.33. The number of carbonyl (C=O) groups excluding carboxylic acids is 1. The molecule has 0 bridgehead atoms. The summed E-state index contributed by atoms with van der Waals surface area (Å²) in [5.74, 6) is -0.618. The van der Waals surface area contributed by atoms with Crippen LogP contribution >= 0.6 is 11.6 Å². The Hall–Kier alpha value is -1.06. The van der Waals surface area contributed by atoms with Gasteiger partial charge in [-0.2, -0.15) is 0 Å². The SMILES string of the molecule is C[C@H](O)[C@](C)(Cl)C(=O)OCc1ccccc1. The second kappa shape index (κ2) is 5.32. The Morgan fingerprint density at radius 2 is 2.06 bits per heavy atom. The summed E-state index contributed by atoms with van der Waals surface area (Å²) in [7, 11) is 0. The lowest BCUT2D eigenvalue weighted by molar-refractivity contribution is -0.150. The number of hydrogen-bond donors (Lipinski definition) is 1. The quantitative estimate of drug-likeness (QED) is 0.650. The lowest BCUT2D eigenvalue weighted by Gasteiger charge is -2.22. The predicted molar refractivity (Wildman–Crippen MR) is 62.2 cm³/mol. The molecule has 0 amide bonds. The van der Waals surface area contributed by atoms with Crippen molar-refractivity contribution in [1.82, 2.24) is 0 Å². The standard InChI is InChI=1S/C12H15ClO3/c1-9(14)12(2,13)11(15)16-8-10-6-4-3-5-7-10/h3-7,9,14H,8H2,1-2H3/t9-,12-/m0/s1. The molecule has 2 atom stereocenters. The van der Waals surface area contributed by atoms with Gasteiger partial charge in [-0.05, 0) is 19.4 Å². The molecule has 1 aromatic carbocycles. The van der Waals surface area contributed by atoms with Gasteiger partial charge in [0.05, 0.1) is 6.10 Å². The number of alkyl halides is 1. The molecule has 0 radical (unpaired) electrons. The summed E-state index contributed by atoms with van der Waals surface area (Å²) in [6.45, 7) is 3.05. The molecule has 0 saturated carbocycles. The summed E-state index contributed by atoms with van der Waals surface area (Å²) in [4.78, 5) is 10.2. The van der Waals surface area contributed by atoms with Crippen LogP contribution in [0.25, 0.3) is 0 Å². The highest BCUT2D eigenvalue weighted by molar-refractivity contribution is 6.34. The van der Waals surface area contributed by atoms with Crippen LogP contribution in [-0.2, 0) is 16.1 Å². The van der Waals surface area contributed by atoms with Crippen LogP contribution in [0.4, 0.5) is 0 Å². The van der Waals surface area contributed by atoms with Gasteiger partial charge in [-0.3, -0.25) is 4.79 Å². The first-order chi connectivity index (χ1) is 7.44. The van der Waals surface area contributed by atoms with E-state index in [1.165, 1.54) is 13.8 Å². The zero-order chi connectivity index (χ0) is 12.2. The van der Waals surface area contributed by atoms with Crippen LogP contribution in [0.3, 0.4) is 0 Å². The number of aliphatic hydroxyl groups excluding tert-OH is 1. The largest absolute Gasteiger partial charge is 0.459 e. The topological polar surface area (TPSA) is 46.5 Å². The van der Waals surface area contributed by atoms with Crippen molar-refractivity contribution in [1.29, 1.82) is 0 Å². The third kappa shape index (κ3) is 3.22. The molecule has 1 aromatic rings. The van der Waals surface area contributed by atoms with E-state index in [1.807, 2.05) is 30.3 Å². The van der Waals surface area contributed by atoms with Crippen molar-refractivity contribution in [3.63, 3.8) is 0 Å². The van der Waals surface area contributed by atoms with Crippen molar-refractivity contribution >= 4 is 17.6 Å². The summed E-state index contributed by atoms with van der Waals surface area (Å²) in [5.41, 5.74) is 0.883. The maximum absolute atomic E-state index is 11.6. The molecule has 0 unspecified atom stereocenters. The van der Waals surface area contributed by atoms with Crippen LogP contribution in [0.1, 0.15) is 19.4 Å². The van der Waals surface area contributed by atoms with Crippen molar-refractivity contribution in [3.05, 3.63) is 35.9 Å². The fourth-order valence-electron chi connectivity index (χ4n) is 1.03. The fourth-order valence-corrected chi connectivity index (χ4v) is 1.09. The smallest absolute Gasteiger partial charge is 0.329 e. The Bertz CT molecular complexity index is 347. The van der Waals surface area contributed by atoms with Gasteiger partial charge in [-0.15, -0.1) is 11.6 Å². The zero-order valence-electron chi connectivity index (χ0n) is 9.31. The molecular weight excluding hydrogens is 228 g/mol. The number of esters is 1. The number of rotatable bonds is 4. The zero-order valence-corrected chi connectivity index (χ0v) is 10.1. The highest BCUT2D eigenvalue weighted by atomic mass is 35.5. The van der Waals surface area contributed by atoms with Crippen molar-refractivity contribution in [2.45, 2.75) is 31.4 Å². The summed E-state index contributed by atoms with van der Waals surface area (Å²) in [6, 6.07) is 9.30. The Morgan fingerprint density at radius 1 is 1.50 bits per heavy atom. The first kappa shape index (κ1) is 13.0. The van der Waals surface area contributed by atoms with Gasteiger partial charge >= 0.3 is 5.97 Å². The Balaban J connectivity index is 2.54. The number of halogens is 1. The van der Waals surface area contributed by atoms with Gasteiger partial charge in [0.15, 0.2) is 4.87 Å². The molecule has 3 nitrogen and oxygen atoms in total. The van der Waals surface area contributed by atoms with Crippen molar-refractivity contribution < 1.29 is 14.6 Å². The first-order valence-corrected chi connectivity index (χ1v) is 5.40. The monoisotopic (exact) mass is 242 g/mol. The minimum Gasteiger partial charge on any atom is -0.459 e. The molecule has 0 aliphatic heterocycles. The molecule has 0 aliphatic rings. The van der Waals surface area contributed by atoms with E-state index >= 15 is 0 Å². The molecule has 0 heterocycles. The number of benzene rings is 1. The van der Waals surface area contributed by atoms with Crippen LogP contribution < -0.4 is 0 Å². The molecule has 0 aromatic heterocycles. The third-order valence-corrected chi connectivity index (χ3v) is 2.87. The molecule has 1 rings (SSSR count). The van der Waals surface area contributed by atoms with Crippen LogP contribution in [0.2, 0.25) is 0 Å². The van der Waals surface area contributed by atoms with Crippen LogP contribution in [-0.4, -0.2) is 22.1 Å². The van der Waals surface area contributed by atoms with E-state index in [2.05, 4.69) is 0 Å². The molecule has 0 spiro atoms. The number of hydrogen-bond acceptors (Lipinski definition) is 3. The molecule has 16 heavy (non-hydrogen) atoms. The van der Waals surface area contributed by atoms with Crippen LogP contribution in [0.15, 0.2) is 30.3 Å². The minimum absolute atomic E-state index is 0.161. The van der Waals surface area contributed by atoms with E-state index in [4.69, 9.17) is 16.3 Å². The summed E-state index contributed by atoms with van der Waals surface area (Å²) < 4.78 is 5.02. The average molecular weight is 243 g/mol. The molecule has 0 fully saturated rings. The van der Waals surface area contributed by atoms with Gasteiger partial charge in [-0.1, -0.05) is 30.3 Å². The number of ether oxygens (including phenoxy) is 1. The second-order valence-corrected chi connectivity index (χ2v) is 4.60. The van der Waals surface area contributed by atoms with Gasteiger partial charge in [0.2, 0.25) is 0 Å². The van der Waals surface area contributed by atoms with Gasteiger partial charge in [0, 0.05) is 0 Å². The van der Waals surface area contributed by atoms with Crippen molar-refractivity contribution in [3.8, 4) is 0 Å². The van der Waals surface area contributed by atoms with E-state index in [0.29, 0.717) is 0 Å². The molecular formula is C12H15ClO3. The highest BCUT2D eigenvalue weighted by Crippen LogP contribution is 2.21. The molecule has 88 valence electrons. The lowest BCUT2D eigenvalue weighted by atomic mass is 10.1. The predicted octanol–water partition coefficient (Wildman–Crippen LogP) is 2.11. The van der Waals surface area contributed by atoms with Crippen molar-refractivity contribution in [2.75, 3.05) is 0 Å². The van der Waals surface area contributed by atoms with Crippen LogP contribution in [0, 0.1) is 0 Å². The fraction of sp³-hybridized carbons (Fsp3) is 0.417. The third-order valence-electron chi connectivity index (χ3n) is 2.40. The average Bonchev–Trinajstić information content (AvgIpc) is 2.27. The molecule has 0 saturated heterocycles. The summed E-state index contributed by atoms with van der Waals surface area (Å²) in [6.07, 6.45) is -0.961. The summed E-state index contributed by atoms with van der Waals surface area (Å²) in [5, 5.41) is 9.31. The van der Waals surface area contributed by atoms with E-state index in [0.717, 1.165) is 5.56 Å². The van der Waals surface area contributed by atoms with Gasteiger partial charge in [0.25, 0.3) is 0 Å². The molecule has 0 aliphatic carbocycles. The number of aliphatic hydroxyl groups is 1. The summed E-state index contributed by atoms with van der Waals surface area (Å²) >= 11 is 5.86. The Morgan fingerprint density at radius 3 is 2.56 bits per heavy atom. The molecule has 4 heteroatoms. The minimum atomic E-state index is -1.39. The second-order valence-electron chi connectivity index (χ2n) is 3.81. The normalized spacial score (nSPS) is 16.2. The highest BCUT2D eigenvalue weighted by Gasteiger charge is 2.37. The van der Waals surface area contributed by atoms with Crippen LogP contribution in [0.5, 0.6) is 0 Å². The van der Waals surface area contributed by atoms with Gasteiger partial charge < -0.3 is 9.84 Å². The van der Waals surface area contributed by atoms with E-state index in [9.17, 15) is 9.90 Å². The Labute approximate surface area is 100.0 Å². The van der Waals surface area contributed by atoms with Crippen molar-refractivity contribution in [2.24, 2.45) is 0 Å².